The van der Waals surface area contributed by atoms with Crippen LogP contribution in [0.15, 0.2) is 48.7 Å². The van der Waals surface area contributed by atoms with E-state index in [0.717, 1.165) is 54.0 Å². The first-order valence-corrected chi connectivity index (χ1v) is 10.8. The quantitative estimate of drug-likeness (QED) is 0.569. The molecule has 1 unspecified atom stereocenters. The van der Waals surface area contributed by atoms with Crippen LogP contribution >= 0.6 is 11.6 Å². The van der Waals surface area contributed by atoms with Gasteiger partial charge in [-0.2, -0.15) is 0 Å². The number of aromatic nitrogens is 2. The monoisotopic (exact) mass is 422 g/mol. The molecule has 1 saturated heterocycles. The van der Waals surface area contributed by atoms with Crippen molar-refractivity contribution in [3.8, 4) is 11.3 Å². The van der Waals surface area contributed by atoms with Gasteiger partial charge < -0.3 is 10.3 Å². The van der Waals surface area contributed by atoms with Crippen molar-refractivity contribution in [3.05, 3.63) is 70.6 Å². The van der Waals surface area contributed by atoms with Gasteiger partial charge in [-0.3, -0.25) is 9.69 Å². The van der Waals surface area contributed by atoms with E-state index in [0.29, 0.717) is 17.3 Å². The Hall–Kier alpha value is -2.63. The Kier molecular flexibility index (Phi) is 6.21. The molecule has 1 aliphatic heterocycles. The van der Waals surface area contributed by atoms with E-state index >= 15 is 0 Å². The minimum Gasteiger partial charge on any atom is -0.341 e. The summed E-state index contributed by atoms with van der Waals surface area (Å²) >= 11 is 6.36. The van der Waals surface area contributed by atoms with Crippen LogP contribution in [0.5, 0.6) is 0 Å². The van der Waals surface area contributed by atoms with E-state index in [1.807, 2.05) is 50.4 Å². The highest BCUT2D eigenvalue weighted by Crippen LogP contribution is 2.31. The number of nitrogens with one attached hydrogen (secondary N) is 2. The van der Waals surface area contributed by atoms with E-state index in [2.05, 4.69) is 32.3 Å². The second-order valence-electron chi connectivity index (χ2n) is 8.02. The lowest BCUT2D eigenvalue weighted by Crippen LogP contribution is -2.39. The van der Waals surface area contributed by atoms with Crippen LogP contribution in [-0.4, -0.2) is 33.9 Å². The normalized spacial score (nSPS) is 17.1. The molecule has 5 nitrogen and oxygen atoms in total. The molecule has 156 valence electrons. The average Bonchev–Trinajstić information content (AvgIpc) is 3.22. The molecular formula is C24H27ClN4O. The Labute approximate surface area is 182 Å². The molecule has 1 fully saturated rings. The van der Waals surface area contributed by atoms with E-state index < -0.39 is 0 Å². The molecule has 0 aliphatic carbocycles. The molecule has 2 N–H and O–H groups in total. The molecule has 3 aromatic rings. The molecule has 0 radical (unpaired) electrons. The Morgan fingerprint density at radius 3 is 2.80 bits per heavy atom. The third-order valence-electron chi connectivity index (χ3n) is 5.65. The van der Waals surface area contributed by atoms with E-state index in [-0.39, 0.29) is 11.9 Å². The van der Waals surface area contributed by atoms with Crippen LogP contribution < -0.4 is 5.32 Å². The number of carbonyl (C=O) groups excluding carboxylic acids is 1. The van der Waals surface area contributed by atoms with Crippen molar-refractivity contribution in [2.75, 3.05) is 18.4 Å². The van der Waals surface area contributed by atoms with Gasteiger partial charge in [-0.25, -0.2) is 4.98 Å². The Bertz CT molecular complexity index is 1010. The number of carbonyl (C=O) groups is 1. The number of aromatic amines is 1. The Morgan fingerprint density at radius 1 is 1.23 bits per heavy atom. The van der Waals surface area contributed by atoms with Gasteiger partial charge >= 0.3 is 0 Å². The van der Waals surface area contributed by atoms with Crippen LogP contribution in [0.3, 0.4) is 0 Å². The summed E-state index contributed by atoms with van der Waals surface area (Å²) in [6.45, 7) is 5.15. The van der Waals surface area contributed by atoms with Gasteiger partial charge in [0.1, 0.15) is 5.82 Å². The van der Waals surface area contributed by atoms with Gasteiger partial charge in [-0.15, -0.1) is 0 Å². The van der Waals surface area contributed by atoms with Gasteiger partial charge in [0.15, 0.2) is 0 Å². The number of nitrogens with zero attached hydrogens (tertiary/aromatic N) is 2. The minimum absolute atomic E-state index is 0.0504. The maximum Gasteiger partial charge on any atom is 0.238 e. The van der Waals surface area contributed by atoms with Crippen molar-refractivity contribution in [3.63, 3.8) is 0 Å². The Morgan fingerprint density at radius 2 is 2.03 bits per heavy atom. The van der Waals surface area contributed by atoms with Crippen molar-refractivity contribution >= 4 is 23.2 Å². The zero-order valence-electron chi connectivity index (χ0n) is 17.4. The van der Waals surface area contributed by atoms with Crippen molar-refractivity contribution in [2.24, 2.45) is 0 Å². The molecule has 4 rings (SSSR count). The fourth-order valence-electron chi connectivity index (χ4n) is 4.20. The molecule has 0 bridgehead atoms. The smallest absolute Gasteiger partial charge is 0.238 e. The largest absolute Gasteiger partial charge is 0.341 e. The van der Waals surface area contributed by atoms with E-state index in [1.165, 1.54) is 0 Å². The number of H-pyrrole nitrogens is 1. The standard InChI is InChI=1S/C24H27ClN4O/c1-16-12-17(2)23(19(25)13-16)28-22(30)15-29-11-7-6-10-21(29)24-26-14-20(27-24)18-8-4-3-5-9-18/h3-5,8-9,12-14,21H,6-7,10-11,15H2,1-2H3,(H,26,27)(H,28,30). The number of piperidine rings is 1. The predicted molar refractivity (Wildman–Crippen MR) is 122 cm³/mol. The molecule has 2 aromatic carbocycles. The summed E-state index contributed by atoms with van der Waals surface area (Å²) in [5.41, 5.74) is 4.87. The van der Waals surface area contributed by atoms with Crippen LogP contribution in [0, 0.1) is 13.8 Å². The number of benzene rings is 2. The third-order valence-corrected chi connectivity index (χ3v) is 5.95. The molecule has 1 aliphatic rings. The van der Waals surface area contributed by atoms with E-state index in [9.17, 15) is 4.79 Å². The molecule has 0 saturated carbocycles. The highest BCUT2D eigenvalue weighted by atomic mass is 35.5. The number of halogens is 1. The highest BCUT2D eigenvalue weighted by Gasteiger charge is 2.28. The topological polar surface area (TPSA) is 61.0 Å². The van der Waals surface area contributed by atoms with E-state index in [1.54, 1.807) is 0 Å². The molecule has 2 heterocycles. The fourth-order valence-corrected chi connectivity index (χ4v) is 4.57. The summed E-state index contributed by atoms with van der Waals surface area (Å²) in [7, 11) is 0. The third kappa shape index (κ3) is 4.58. The molecule has 1 aromatic heterocycles. The number of anilines is 1. The van der Waals surface area contributed by atoms with E-state index in [4.69, 9.17) is 11.6 Å². The number of rotatable bonds is 5. The van der Waals surface area contributed by atoms with Crippen molar-refractivity contribution in [1.29, 1.82) is 0 Å². The first kappa shape index (κ1) is 20.6. The van der Waals surface area contributed by atoms with Crippen LogP contribution in [0.4, 0.5) is 5.69 Å². The van der Waals surface area contributed by atoms with Gasteiger partial charge in [0.05, 0.1) is 35.2 Å². The zero-order valence-corrected chi connectivity index (χ0v) is 18.2. The summed E-state index contributed by atoms with van der Waals surface area (Å²) in [5.74, 6) is 0.872. The number of hydrogen-bond donors (Lipinski definition) is 2. The van der Waals surface area contributed by atoms with Gasteiger partial charge in [0, 0.05) is 0 Å². The summed E-state index contributed by atoms with van der Waals surface area (Å²) in [6.07, 6.45) is 5.08. The molecule has 30 heavy (non-hydrogen) atoms. The van der Waals surface area contributed by atoms with Crippen molar-refractivity contribution in [2.45, 2.75) is 39.2 Å². The van der Waals surface area contributed by atoms with Gasteiger partial charge in [0.2, 0.25) is 5.91 Å². The number of aryl methyl sites for hydroxylation is 2. The van der Waals surface area contributed by atoms with Crippen molar-refractivity contribution in [1.82, 2.24) is 14.9 Å². The zero-order chi connectivity index (χ0) is 21.1. The number of hydrogen-bond acceptors (Lipinski definition) is 3. The predicted octanol–water partition coefficient (Wildman–Crippen LogP) is 5.51. The molecular weight excluding hydrogens is 396 g/mol. The summed E-state index contributed by atoms with van der Waals surface area (Å²) < 4.78 is 0. The highest BCUT2D eigenvalue weighted by molar-refractivity contribution is 6.34. The SMILES string of the molecule is Cc1cc(C)c(NC(=O)CN2CCCCC2c2ncc(-c3ccccc3)[nH]2)c(Cl)c1. The van der Waals surface area contributed by atoms with Gasteiger partial charge in [-0.1, -0.05) is 54.4 Å². The van der Waals surface area contributed by atoms with Gasteiger partial charge in [-0.05, 0) is 56.0 Å². The minimum atomic E-state index is -0.0504. The van der Waals surface area contributed by atoms with Crippen molar-refractivity contribution < 1.29 is 4.79 Å². The molecule has 1 amide bonds. The van der Waals surface area contributed by atoms with Crippen LogP contribution in [0.1, 0.15) is 42.3 Å². The van der Waals surface area contributed by atoms with Crippen LogP contribution in [0.25, 0.3) is 11.3 Å². The number of amides is 1. The molecule has 0 spiro atoms. The maximum absolute atomic E-state index is 12.8. The van der Waals surface area contributed by atoms with Crippen LogP contribution in [0.2, 0.25) is 5.02 Å². The van der Waals surface area contributed by atoms with Crippen LogP contribution in [-0.2, 0) is 4.79 Å². The lowest BCUT2D eigenvalue weighted by Gasteiger charge is -2.34. The number of imidazole rings is 1. The lowest BCUT2D eigenvalue weighted by atomic mass is 10.0. The summed E-state index contributed by atoms with van der Waals surface area (Å²) in [4.78, 5) is 23.2. The fraction of sp³-hybridized carbons (Fsp3) is 0.333. The van der Waals surface area contributed by atoms with Gasteiger partial charge in [0.25, 0.3) is 0 Å². The molecule has 1 atom stereocenters. The maximum atomic E-state index is 12.8. The second kappa shape index (κ2) is 9.02. The first-order valence-electron chi connectivity index (χ1n) is 10.4. The first-order chi connectivity index (χ1) is 14.5. The average molecular weight is 423 g/mol. The Balaban J connectivity index is 1.48. The second-order valence-corrected chi connectivity index (χ2v) is 8.42. The summed E-state index contributed by atoms with van der Waals surface area (Å²) in [6, 6.07) is 14.2. The lowest BCUT2D eigenvalue weighted by molar-refractivity contribution is -0.118. The summed E-state index contributed by atoms with van der Waals surface area (Å²) in [5, 5.41) is 3.59. The molecule has 6 heteroatoms. The number of likely N-dealkylation sites (tertiary alicyclic amines) is 1.